The number of carbonyl (C=O) groups excluding carboxylic acids is 1. The van der Waals surface area contributed by atoms with Crippen LogP contribution in [-0.4, -0.2) is 16.8 Å². The molecule has 0 spiro atoms. The number of thiocarbonyl (C=S) groups is 1. The number of anilines is 1. The summed E-state index contributed by atoms with van der Waals surface area (Å²) in [6, 6.07) is 18.3. The number of amides is 1. The molecule has 0 aromatic heterocycles. The van der Waals surface area contributed by atoms with Crippen molar-refractivity contribution >= 4 is 40.7 Å². The molecule has 0 unspecified atom stereocenters. The van der Waals surface area contributed by atoms with Gasteiger partial charge in [-0.2, -0.15) is 0 Å². The predicted molar refractivity (Wildman–Crippen MR) is 115 cm³/mol. The average Bonchev–Trinajstić information content (AvgIpc) is 2.67. The highest BCUT2D eigenvalue weighted by molar-refractivity contribution is 7.99. The fourth-order valence-electron chi connectivity index (χ4n) is 2.30. The molecule has 0 saturated heterocycles. The van der Waals surface area contributed by atoms with E-state index in [4.69, 9.17) is 12.2 Å². The lowest BCUT2D eigenvalue weighted by Gasteiger charge is -2.12. The van der Waals surface area contributed by atoms with E-state index in [2.05, 4.69) is 47.4 Å². The third-order valence-corrected chi connectivity index (χ3v) is 4.90. The Morgan fingerprint density at radius 1 is 1.00 bits per heavy atom. The Bertz CT molecular complexity index is 690. The van der Waals surface area contributed by atoms with E-state index in [0.717, 1.165) is 17.9 Å². The molecule has 0 aliphatic rings. The third-order valence-electron chi connectivity index (χ3n) is 3.69. The van der Waals surface area contributed by atoms with Crippen molar-refractivity contribution in [2.24, 2.45) is 0 Å². The van der Waals surface area contributed by atoms with Crippen LogP contribution in [0.25, 0.3) is 0 Å². The first-order valence-corrected chi connectivity index (χ1v) is 10.3. The molecule has 1 amide bonds. The summed E-state index contributed by atoms with van der Waals surface area (Å²) in [4.78, 5) is 11.9. The lowest BCUT2D eigenvalue weighted by atomic mass is 10.1. The van der Waals surface area contributed by atoms with Crippen LogP contribution in [0.3, 0.4) is 0 Å². The molecule has 138 valence electrons. The average molecular weight is 388 g/mol. The molecule has 2 rings (SSSR count). The molecule has 0 aliphatic carbocycles. The van der Waals surface area contributed by atoms with E-state index in [9.17, 15) is 4.79 Å². The molecule has 4 nitrogen and oxygen atoms in total. The zero-order chi connectivity index (χ0) is 18.6. The molecule has 2 aromatic carbocycles. The van der Waals surface area contributed by atoms with Gasteiger partial charge in [-0.1, -0.05) is 55.8 Å². The van der Waals surface area contributed by atoms with E-state index in [-0.39, 0.29) is 5.91 Å². The Labute approximate surface area is 165 Å². The Kier molecular flexibility index (Phi) is 9.00. The van der Waals surface area contributed by atoms with E-state index < -0.39 is 0 Å². The summed E-state index contributed by atoms with van der Waals surface area (Å²) >= 11 is 6.77. The number of nitrogens with one attached hydrogen (secondary N) is 3. The number of unbranched alkanes of at least 4 members (excludes halogenated alkanes) is 1. The minimum Gasteiger partial charge on any atom is -0.331 e. The summed E-state index contributed by atoms with van der Waals surface area (Å²) in [6.07, 6.45) is 3.48. The Hall–Kier alpha value is -2.05. The number of thioether (sulfide) groups is 1. The number of hydrogen-bond donors (Lipinski definition) is 3. The van der Waals surface area contributed by atoms with Crippen molar-refractivity contribution < 1.29 is 4.79 Å². The van der Waals surface area contributed by atoms with Gasteiger partial charge in [0.1, 0.15) is 0 Å². The molecule has 2 aromatic rings. The van der Waals surface area contributed by atoms with Crippen molar-refractivity contribution in [1.82, 2.24) is 10.9 Å². The topological polar surface area (TPSA) is 53.2 Å². The minimum absolute atomic E-state index is 0.106. The molecule has 3 N–H and O–H groups in total. The molecule has 0 saturated carbocycles. The number of carbonyl (C=O) groups is 1. The first kappa shape index (κ1) is 20.3. The molecular formula is C20H25N3OS2. The van der Waals surface area contributed by atoms with Crippen LogP contribution in [0.15, 0.2) is 54.6 Å². The van der Waals surface area contributed by atoms with Crippen LogP contribution in [0.4, 0.5) is 5.69 Å². The number of benzene rings is 2. The highest BCUT2D eigenvalue weighted by atomic mass is 32.2. The molecular weight excluding hydrogens is 362 g/mol. The minimum atomic E-state index is -0.106. The van der Waals surface area contributed by atoms with E-state index in [0.29, 0.717) is 10.9 Å². The molecule has 0 heterocycles. The van der Waals surface area contributed by atoms with Crippen LogP contribution < -0.4 is 16.2 Å². The van der Waals surface area contributed by atoms with Gasteiger partial charge in [0.2, 0.25) is 5.91 Å². The van der Waals surface area contributed by atoms with Crippen LogP contribution >= 0.6 is 24.0 Å². The first-order chi connectivity index (χ1) is 12.7. The van der Waals surface area contributed by atoms with Gasteiger partial charge in [0.25, 0.3) is 0 Å². The van der Waals surface area contributed by atoms with E-state index in [1.807, 2.05) is 30.3 Å². The molecule has 0 aliphatic heterocycles. The van der Waals surface area contributed by atoms with Crippen molar-refractivity contribution in [3.05, 3.63) is 65.7 Å². The van der Waals surface area contributed by atoms with Crippen molar-refractivity contribution in [3.63, 3.8) is 0 Å². The third kappa shape index (κ3) is 7.89. The van der Waals surface area contributed by atoms with Crippen LogP contribution in [0.1, 0.15) is 30.9 Å². The smallest absolute Gasteiger partial charge is 0.248 e. The Balaban J connectivity index is 1.63. The highest BCUT2D eigenvalue weighted by Crippen LogP contribution is 2.12. The monoisotopic (exact) mass is 387 g/mol. The second-order valence-electron chi connectivity index (χ2n) is 5.91. The SMILES string of the molecule is CCCCc1ccc(NC(=S)NNC(=O)CSCc2ccccc2)cc1. The van der Waals surface area contributed by atoms with Crippen molar-refractivity contribution in [2.45, 2.75) is 31.9 Å². The summed E-state index contributed by atoms with van der Waals surface area (Å²) in [5.74, 6) is 1.07. The Morgan fingerprint density at radius 2 is 1.73 bits per heavy atom. The van der Waals surface area contributed by atoms with Crippen molar-refractivity contribution in [2.75, 3.05) is 11.1 Å². The lowest BCUT2D eigenvalue weighted by molar-refractivity contribution is -0.119. The van der Waals surface area contributed by atoms with Gasteiger partial charge in [-0.25, -0.2) is 0 Å². The van der Waals surface area contributed by atoms with Crippen LogP contribution in [0.5, 0.6) is 0 Å². The Morgan fingerprint density at radius 3 is 2.42 bits per heavy atom. The van der Waals surface area contributed by atoms with Crippen molar-refractivity contribution in [1.29, 1.82) is 0 Å². The number of hydrogen-bond acceptors (Lipinski definition) is 3. The van der Waals surface area contributed by atoms with Gasteiger partial charge in [-0.05, 0) is 48.3 Å². The summed E-state index contributed by atoms with van der Waals surface area (Å²) < 4.78 is 0. The number of hydrazine groups is 1. The normalized spacial score (nSPS) is 10.2. The molecule has 26 heavy (non-hydrogen) atoms. The summed E-state index contributed by atoms with van der Waals surface area (Å²) in [7, 11) is 0. The van der Waals surface area contributed by atoms with Crippen molar-refractivity contribution in [3.8, 4) is 0 Å². The zero-order valence-electron chi connectivity index (χ0n) is 15.0. The lowest BCUT2D eigenvalue weighted by Crippen LogP contribution is -2.44. The molecule has 6 heteroatoms. The molecule has 0 fully saturated rings. The predicted octanol–water partition coefficient (Wildman–Crippen LogP) is 4.28. The van der Waals surface area contributed by atoms with E-state index in [1.54, 1.807) is 11.8 Å². The van der Waals surface area contributed by atoms with Gasteiger partial charge in [0, 0.05) is 11.4 Å². The van der Waals surface area contributed by atoms with Gasteiger partial charge in [-0.3, -0.25) is 15.6 Å². The van der Waals surface area contributed by atoms with Gasteiger partial charge in [0.15, 0.2) is 5.11 Å². The number of rotatable bonds is 8. The molecule has 0 radical (unpaired) electrons. The van der Waals surface area contributed by atoms with Crippen LogP contribution in [0, 0.1) is 0 Å². The fourth-order valence-corrected chi connectivity index (χ4v) is 3.25. The molecule has 0 atom stereocenters. The van der Waals surface area contributed by atoms with Gasteiger partial charge >= 0.3 is 0 Å². The maximum atomic E-state index is 11.9. The van der Waals surface area contributed by atoms with Gasteiger partial charge in [-0.15, -0.1) is 11.8 Å². The quantitative estimate of drug-likeness (QED) is 0.466. The summed E-state index contributed by atoms with van der Waals surface area (Å²) in [5.41, 5.74) is 8.78. The van der Waals surface area contributed by atoms with Gasteiger partial charge in [0.05, 0.1) is 5.75 Å². The maximum absolute atomic E-state index is 11.9. The van der Waals surface area contributed by atoms with Crippen LogP contribution in [-0.2, 0) is 17.0 Å². The van der Waals surface area contributed by atoms with Gasteiger partial charge < -0.3 is 5.32 Å². The maximum Gasteiger partial charge on any atom is 0.248 e. The van der Waals surface area contributed by atoms with E-state index >= 15 is 0 Å². The van der Waals surface area contributed by atoms with E-state index in [1.165, 1.54) is 24.0 Å². The molecule has 0 bridgehead atoms. The second kappa shape index (κ2) is 11.5. The number of aryl methyl sites for hydroxylation is 1. The second-order valence-corrected chi connectivity index (χ2v) is 7.30. The van der Waals surface area contributed by atoms with Crippen LogP contribution in [0.2, 0.25) is 0 Å². The zero-order valence-corrected chi connectivity index (χ0v) is 16.6. The highest BCUT2D eigenvalue weighted by Gasteiger charge is 2.03. The largest absolute Gasteiger partial charge is 0.331 e. The standard InChI is InChI=1S/C20H25N3OS2/c1-2-3-7-16-10-12-18(13-11-16)21-20(25)23-22-19(24)15-26-14-17-8-5-4-6-9-17/h4-6,8-13H,2-3,7,14-15H2,1H3,(H,22,24)(H2,21,23,25). The summed E-state index contributed by atoms with van der Waals surface area (Å²) in [6.45, 7) is 2.19. The fraction of sp³-hybridized carbons (Fsp3) is 0.300. The summed E-state index contributed by atoms with van der Waals surface area (Å²) in [5, 5.41) is 3.43. The first-order valence-electron chi connectivity index (χ1n) is 8.74.